The van der Waals surface area contributed by atoms with Crippen LogP contribution in [0.15, 0.2) is 30.3 Å². The van der Waals surface area contributed by atoms with Gasteiger partial charge in [-0.15, -0.1) is 0 Å². The van der Waals surface area contributed by atoms with Gasteiger partial charge in [-0.05, 0) is 25.5 Å². The molecule has 0 aliphatic rings. The van der Waals surface area contributed by atoms with Crippen LogP contribution in [-0.4, -0.2) is 43.1 Å². The summed E-state index contributed by atoms with van der Waals surface area (Å²) in [5.74, 6) is 0.530. The summed E-state index contributed by atoms with van der Waals surface area (Å²) in [7, 11) is 0. The lowest BCUT2D eigenvalue weighted by molar-refractivity contribution is -0.144. The van der Waals surface area contributed by atoms with Crippen LogP contribution in [0.3, 0.4) is 0 Å². The van der Waals surface area contributed by atoms with Crippen LogP contribution >= 0.6 is 0 Å². The topological polar surface area (TPSA) is 55.8 Å². The Morgan fingerprint density at radius 3 is 2.40 bits per heavy atom. The van der Waals surface area contributed by atoms with Gasteiger partial charge in [0, 0.05) is 13.1 Å². The molecule has 0 aliphatic heterocycles. The highest BCUT2D eigenvalue weighted by molar-refractivity contribution is 5.77. The van der Waals surface area contributed by atoms with Crippen molar-refractivity contribution in [2.24, 2.45) is 0 Å². The lowest BCUT2D eigenvalue weighted by atomic mass is 10.2. The zero-order chi connectivity index (χ0) is 18.3. The fourth-order valence-electron chi connectivity index (χ4n) is 2.48. The minimum atomic E-state index is -0.255. The monoisotopic (exact) mass is 349 g/mol. The molecule has 1 aromatic carbocycles. The molecule has 0 heterocycles. The summed E-state index contributed by atoms with van der Waals surface area (Å²) in [4.78, 5) is 25.8. The number of amides is 1. The number of esters is 1. The van der Waals surface area contributed by atoms with Gasteiger partial charge in [-0.2, -0.15) is 0 Å². The molecule has 0 bridgehead atoms. The third-order valence-corrected chi connectivity index (χ3v) is 3.85. The molecule has 0 aliphatic carbocycles. The average molecular weight is 349 g/mol. The van der Waals surface area contributed by atoms with Gasteiger partial charge in [0.05, 0.1) is 26.1 Å². The summed E-state index contributed by atoms with van der Waals surface area (Å²) in [6, 6.07) is 9.46. The summed E-state index contributed by atoms with van der Waals surface area (Å²) in [6.07, 6.45) is 4.93. The molecule has 0 radical (unpaired) electrons. The van der Waals surface area contributed by atoms with Gasteiger partial charge in [-0.1, -0.05) is 44.4 Å². The minimum Gasteiger partial charge on any atom is -0.493 e. The van der Waals surface area contributed by atoms with Crippen LogP contribution in [0.2, 0.25) is 0 Å². The second-order valence-corrected chi connectivity index (χ2v) is 5.91. The van der Waals surface area contributed by atoms with E-state index in [1.165, 1.54) is 0 Å². The second kappa shape index (κ2) is 13.3. The predicted molar refractivity (Wildman–Crippen MR) is 98.5 cm³/mol. The number of carbonyl (C=O) groups excluding carboxylic acids is 2. The first-order valence-electron chi connectivity index (χ1n) is 9.28. The summed E-state index contributed by atoms with van der Waals surface area (Å²) >= 11 is 0. The molecule has 0 saturated carbocycles. The van der Waals surface area contributed by atoms with E-state index in [9.17, 15) is 9.59 Å². The van der Waals surface area contributed by atoms with Crippen molar-refractivity contribution in [3.8, 4) is 5.75 Å². The van der Waals surface area contributed by atoms with E-state index in [-0.39, 0.29) is 18.3 Å². The maximum Gasteiger partial charge on any atom is 0.307 e. The molecule has 0 fully saturated rings. The number of rotatable bonds is 13. The van der Waals surface area contributed by atoms with Crippen LogP contribution in [0.4, 0.5) is 0 Å². The molecule has 1 aromatic rings. The van der Waals surface area contributed by atoms with E-state index in [0.29, 0.717) is 32.7 Å². The fourth-order valence-corrected chi connectivity index (χ4v) is 2.48. The molecule has 0 unspecified atom stereocenters. The van der Waals surface area contributed by atoms with Gasteiger partial charge in [0.15, 0.2) is 0 Å². The first-order chi connectivity index (χ1) is 12.2. The Morgan fingerprint density at radius 1 is 0.960 bits per heavy atom. The van der Waals surface area contributed by atoms with E-state index < -0.39 is 0 Å². The highest BCUT2D eigenvalue weighted by atomic mass is 16.5. The molecule has 25 heavy (non-hydrogen) atoms. The summed E-state index contributed by atoms with van der Waals surface area (Å²) in [5.41, 5.74) is 0. The SMILES string of the molecule is CCCCCCN(CCC(=O)OCC)C(=O)CCOc1ccccc1. The smallest absolute Gasteiger partial charge is 0.307 e. The van der Waals surface area contributed by atoms with Crippen molar-refractivity contribution < 1.29 is 19.1 Å². The van der Waals surface area contributed by atoms with E-state index in [0.717, 1.165) is 31.4 Å². The van der Waals surface area contributed by atoms with Crippen LogP contribution in [0.1, 0.15) is 52.4 Å². The summed E-state index contributed by atoms with van der Waals surface area (Å²) in [5, 5.41) is 0. The second-order valence-electron chi connectivity index (χ2n) is 5.91. The molecule has 5 nitrogen and oxygen atoms in total. The van der Waals surface area contributed by atoms with Gasteiger partial charge in [0.2, 0.25) is 5.91 Å². The van der Waals surface area contributed by atoms with Crippen molar-refractivity contribution in [2.75, 3.05) is 26.3 Å². The molecule has 0 N–H and O–H groups in total. The average Bonchev–Trinajstić information content (AvgIpc) is 2.62. The van der Waals surface area contributed by atoms with Crippen LogP contribution in [0.25, 0.3) is 0 Å². The molecule has 1 amide bonds. The molecule has 0 spiro atoms. The zero-order valence-corrected chi connectivity index (χ0v) is 15.5. The van der Waals surface area contributed by atoms with Crippen LogP contribution in [-0.2, 0) is 14.3 Å². The van der Waals surface area contributed by atoms with E-state index in [1.807, 2.05) is 30.3 Å². The number of benzene rings is 1. The molecule has 0 atom stereocenters. The summed E-state index contributed by atoms with van der Waals surface area (Å²) in [6.45, 7) is 5.75. The Balaban J connectivity index is 2.41. The van der Waals surface area contributed by atoms with E-state index in [2.05, 4.69) is 6.92 Å². The highest BCUT2D eigenvalue weighted by Crippen LogP contribution is 2.10. The third kappa shape index (κ3) is 9.75. The van der Waals surface area contributed by atoms with Crippen molar-refractivity contribution in [3.05, 3.63) is 30.3 Å². The molecule has 0 saturated heterocycles. The maximum atomic E-state index is 12.5. The Labute approximate surface area is 151 Å². The van der Waals surface area contributed by atoms with Gasteiger partial charge in [-0.25, -0.2) is 0 Å². The number of para-hydroxylation sites is 1. The van der Waals surface area contributed by atoms with Gasteiger partial charge >= 0.3 is 5.97 Å². The number of nitrogens with zero attached hydrogens (tertiary/aromatic N) is 1. The molecule has 140 valence electrons. The first-order valence-corrected chi connectivity index (χ1v) is 9.28. The maximum absolute atomic E-state index is 12.5. The number of carbonyl (C=O) groups is 2. The van der Waals surface area contributed by atoms with Crippen LogP contribution in [0.5, 0.6) is 5.75 Å². The van der Waals surface area contributed by atoms with Crippen molar-refractivity contribution in [3.63, 3.8) is 0 Å². The number of ether oxygens (including phenoxy) is 2. The van der Waals surface area contributed by atoms with E-state index in [4.69, 9.17) is 9.47 Å². The quantitative estimate of drug-likeness (QED) is 0.401. The minimum absolute atomic E-state index is 0.0247. The van der Waals surface area contributed by atoms with E-state index in [1.54, 1.807) is 11.8 Å². The zero-order valence-electron chi connectivity index (χ0n) is 15.5. The molecular formula is C20H31NO4. The lowest BCUT2D eigenvalue weighted by Gasteiger charge is -2.22. The standard InChI is InChI=1S/C20H31NO4/c1-3-5-6-10-15-21(16-13-20(23)24-4-2)19(22)14-17-25-18-11-8-7-9-12-18/h7-9,11-12H,3-6,10,13-17H2,1-2H3. The molecule has 5 heteroatoms. The van der Waals surface area contributed by atoms with Crippen LogP contribution in [0, 0.1) is 0 Å². The molecule has 0 aromatic heterocycles. The number of hydrogen-bond acceptors (Lipinski definition) is 4. The fraction of sp³-hybridized carbons (Fsp3) is 0.600. The van der Waals surface area contributed by atoms with Gasteiger partial charge in [0.25, 0.3) is 0 Å². The lowest BCUT2D eigenvalue weighted by Crippen LogP contribution is -2.35. The van der Waals surface area contributed by atoms with Crippen LogP contribution < -0.4 is 4.74 Å². The van der Waals surface area contributed by atoms with E-state index >= 15 is 0 Å². The third-order valence-electron chi connectivity index (χ3n) is 3.85. The molecule has 1 rings (SSSR count). The van der Waals surface area contributed by atoms with Crippen molar-refractivity contribution in [1.82, 2.24) is 4.90 Å². The Morgan fingerprint density at radius 2 is 1.72 bits per heavy atom. The Hall–Kier alpha value is -2.04. The van der Waals surface area contributed by atoms with Crippen molar-refractivity contribution in [1.29, 1.82) is 0 Å². The molecular weight excluding hydrogens is 318 g/mol. The van der Waals surface area contributed by atoms with Gasteiger partial charge in [-0.3, -0.25) is 9.59 Å². The van der Waals surface area contributed by atoms with Gasteiger partial charge in [0.1, 0.15) is 5.75 Å². The Bertz CT molecular complexity index is 490. The van der Waals surface area contributed by atoms with Crippen molar-refractivity contribution in [2.45, 2.75) is 52.4 Å². The summed E-state index contributed by atoms with van der Waals surface area (Å²) < 4.78 is 10.5. The first kappa shape index (κ1) is 21.0. The van der Waals surface area contributed by atoms with Crippen molar-refractivity contribution >= 4 is 11.9 Å². The normalized spacial score (nSPS) is 10.3. The number of unbranched alkanes of at least 4 members (excludes halogenated alkanes) is 3. The Kier molecular flexibility index (Phi) is 11.2. The van der Waals surface area contributed by atoms with Gasteiger partial charge < -0.3 is 14.4 Å². The highest BCUT2D eigenvalue weighted by Gasteiger charge is 2.15. The largest absolute Gasteiger partial charge is 0.493 e. The predicted octanol–water partition coefficient (Wildman–Crippen LogP) is 3.82. The number of hydrogen-bond donors (Lipinski definition) is 0.